The second-order valence-electron chi connectivity index (χ2n) is 6.64. The van der Waals surface area contributed by atoms with E-state index >= 15 is 0 Å². The summed E-state index contributed by atoms with van der Waals surface area (Å²) < 4.78 is 26.6. The van der Waals surface area contributed by atoms with Crippen LogP contribution in [0.1, 0.15) is 23.2 Å². The first-order chi connectivity index (χ1) is 12.5. The standard InChI is InChI=1S/C17H24N4O4S/c22-16-12-21(8-7-19-16)26(24,25)15-5-1-4-14(9-15)17(23)20-11-13-3-2-6-18-10-13/h1,4-5,9,13,18H,2-3,6-8,10-12H2,(H,19,22)(H,20,23). The Bertz CT molecular complexity index is 775. The number of rotatable bonds is 5. The van der Waals surface area contributed by atoms with Crippen LogP contribution in [-0.2, 0) is 14.8 Å². The predicted octanol–water partition coefficient (Wildman–Crippen LogP) is -0.463. The van der Waals surface area contributed by atoms with Crippen molar-refractivity contribution in [2.75, 3.05) is 39.3 Å². The first-order valence-corrected chi connectivity index (χ1v) is 10.3. The second kappa shape index (κ2) is 8.15. The Labute approximate surface area is 153 Å². The molecule has 8 nitrogen and oxygen atoms in total. The van der Waals surface area contributed by atoms with E-state index in [1.54, 1.807) is 12.1 Å². The van der Waals surface area contributed by atoms with Crippen LogP contribution in [0.2, 0.25) is 0 Å². The zero-order valence-corrected chi connectivity index (χ0v) is 15.3. The third-order valence-electron chi connectivity index (χ3n) is 4.69. The molecule has 26 heavy (non-hydrogen) atoms. The van der Waals surface area contributed by atoms with Crippen molar-refractivity contribution in [3.63, 3.8) is 0 Å². The van der Waals surface area contributed by atoms with Crippen LogP contribution in [0.5, 0.6) is 0 Å². The first kappa shape index (κ1) is 18.8. The summed E-state index contributed by atoms with van der Waals surface area (Å²) in [7, 11) is -3.80. The van der Waals surface area contributed by atoms with Crippen LogP contribution in [0.25, 0.3) is 0 Å². The number of nitrogens with zero attached hydrogens (tertiary/aromatic N) is 1. The lowest BCUT2D eigenvalue weighted by atomic mass is 10.00. The molecule has 0 aromatic heterocycles. The van der Waals surface area contributed by atoms with Crippen LogP contribution in [0, 0.1) is 5.92 Å². The summed E-state index contributed by atoms with van der Waals surface area (Å²) in [4.78, 5) is 23.9. The fourth-order valence-corrected chi connectivity index (χ4v) is 4.65. The summed E-state index contributed by atoms with van der Waals surface area (Å²) in [6.45, 7) is 2.76. The van der Waals surface area contributed by atoms with E-state index in [-0.39, 0.29) is 36.3 Å². The average Bonchev–Trinajstić information content (AvgIpc) is 2.67. The van der Waals surface area contributed by atoms with Gasteiger partial charge < -0.3 is 16.0 Å². The molecule has 0 aliphatic carbocycles. The van der Waals surface area contributed by atoms with Gasteiger partial charge in [0.1, 0.15) is 0 Å². The van der Waals surface area contributed by atoms with Gasteiger partial charge >= 0.3 is 0 Å². The van der Waals surface area contributed by atoms with E-state index in [1.807, 2.05) is 0 Å². The largest absolute Gasteiger partial charge is 0.354 e. The molecule has 1 atom stereocenters. The molecule has 0 radical (unpaired) electrons. The number of hydrogen-bond acceptors (Lipinski definition) is 5. The van der Waals surface area contributed by atoms with Gasteiger partial charge in [0.15, 0.2) is 0 Å². The van der Waals surface area contributed by atoms with E-state index in [1.165, 1.54) is 12.1 Å². The van der Waals surface area contributed by atoms with Crippen LogP contribution in [-0.4, -0.2) is 63.8 Å². The quantitative estimate of drug-likeness (QED) is 0.641. The van der Waals surface area contributed by atoms with Gasteiger partial charge in [-0.1, -0.05) is 6.07 Å². The Morgan fingerprint density at radius 1 is 1.31 bits per heavy atom. The fraction of sp³-hybridized carbons (Fsp3) is 0.529. The van der Waals surface area contributed by atoms with Crippen molar-refractivity contribution >= 4 is 21.8 Å². The Balaban J connectivity index is 1.68. The van der Waals surface area contributed by atoms with Gasteiger partial charge in [0, 0.05) is 25.2 Å². The molecule has 2 amide bonds. The molecule has 9 heteroatoms. The number of nitrogens with one attached hydrogen (secondary N) is 3. The van der Waals surface area contributed by atoms with Gasteiger partial charge in [-0.25, -0.2) is 8.42 Å². The number of carbonyl (C=O) groups is 2. The molecule has 3 rings (SSSR count). The van der Waals surface area contributed by atoms with E-state index in [4.69, 9.17) is 0 Å². The molecule has 2 saturated heterocycles. The molecule has 1 aromatic carbocycles. The van der Waals surface area contributed by atoms with Gasteiger partial charge in [0.25, 0.3) is 5.91 Å². The maximum Gasteiger partial charge on any atom is 0.251 e. The average molecular weight is 380 g/mol. The molecule has 0 saturated carbocycles. The van der Waals surface area contributed by atoms with E-state index in [0.717, 1.165) is 30.2 Å². The van der Waals surface area contributed by atoms with Crippen molar-refractivity contribution in [2.24, 2.45) is 5.92 Å². The van der Waals surface area contributed by atoms with Crippen LogP contribution < -0.4 is 16.0 Å². The number of hydrogen-bond donors (Lipinski definition) is 3. The molecule has 142 valence electrons. The molecule has 2 heterocycles. The molecule has 1 aromatic rings. The molecule has 1 unspecified atom stereocenters. The predicted molar refractivity (Wildman–Crippen MR) is 96.1 cm³/mol. The summed E-state index contributed by atoms with van der Waals surface area (Å²) in [5, 5.41) is 8.78. The highest BCUT2D eigenvalue weighted by Crippen LogP contribution is 2.18. The van der Waals surface area contributed by atoms with Crippen molar-refractivity contribution in [3.05, 3.63) is 29.8 Å². The van der Waals surface area contributed by atoms with E-state index in [0.29, 0.717) is 18.0 Å². The number of amides is 2. The van der Waals surface area contributed by atoms with E-state index in [9.17, 15) is 18.0 Å². The highest BCUT2D eigenvalue weighted by Gasteiger charge is 2.29. The van der Waals surface area contributed by atoms with E-state index < -0.39 is 10.0 Å². The van der Waals surface area contributed by atoms with Crippen LogP contribution >= 0.6 is 0 Å². The molecule has 0 bridgehead atoms. The summed E-state index contributed by atoms with van der Waals surface area (Å²) in [6, 6.07) is 5.96. The Hall–Kier alpha value is -1.97. The van der Waals surface area contributed by atoms with Crippen molar-refractivity contribution in [2.45, 2.75) is 17.7 Å². The number of benzene rings is 1. The SMILES string of the molecule is O=C1CN(S(=O)(=O)c2cccc(C(=O)NCC3CCCNC3)c2)CCN1. The maximum absolute atomic E-state index is 12.7. The number of piperazine rings is 1. The minimum Gasteiger partial charge on any atom is -0.354 e. The zero-order valence-electron chi connectivity index (χ0n) is 14.5. The lowest BCUT2D eigenvalue weighted by Crippen LogP contribution is -2.49. The first-order valence-electron chi connectivity index (χ1n) is 8.82. The Morgan fingerprint density at radius 3 is 2.88 bits per heavy atom. The van der Waals surface area contributed by atoms with Crippen molar-refractivity contribution in [3.8, 4) is 0 Å². The topological polar surface area (TPSA) is 108 Å². The lowest BCUT2D eigenvalue weighted by molar-refractivity contribution is -0.122. The Morgan fingerprint density at radius 2 is 2.15 bits per heavy atom. The zero-order chi connectivity index (χ0) is 18.6. The molecular formula is C17H24N4O4S. The molecule has 2 fully saturated rings. The summed E-state index contributed by atoms with van der Waals surface area (Å²) in [5.74, 6) is -0.217. The molecule has 3 N–H and O–H groups in total. The highest BCUT2D eigenvalue weighted by atomic mass is 32.2. The molecule has 2 aliphatic rings. The monoisotopic (exact) mass is 380 g/mol. The normalized spacial score (nSPS) is 21.8. The van der Waals surface area contributed by atoms with Crippen molar-refractivity contribution in [1.29, 1.82) is 0 Å². The third kappa shape index (κ3) is 4.40. The van der Waals surface area contributed by atoms with Crippen molar-refractivity contribution < 1.29 is 18.0 Å². The van der Waals surface area contributed by atoms with Crippen LogP contribution in [0.15, 0.2) is 29.2 Å². The minimum absolute atomic E-state index is 0.0270. The number of carbonyl (C=O) groups excluding carboxylic acids is 2. The third-order valence-corrected chi connectivity index (χ3v) is 6.53. The molecular weight excluding hydrogens is 356 g/mol. The Kier molecular flexibility index (Phi) is 5.90. The molecule has 0 spiro atoms. The minimum atomic E-state index is -3.80. The van der Waals surface area contributed by atoms with Crippen molar-refractivity contribution in [1.82, 2.24) is 20.3 Å². The van der Waals surface area contributed by atoms with E-state index in [2.05, 4.69) is 16.0 Å². The second-order valence-corrected chi connectivity index (χ2v) is 8.58. The fourth-order valence-electron chi connectivity index (χ4n) is 3.20. The van der Waals surface area contributed by atoms with Crippen LogP contribution in [0.3, 0.4) is 0 Å². The highest BCUT2D eigenvalue weighted by molar-refractivity contribution is 7.89. The summed E-state index contributed by atoms with van der Waals surface area (Å²) >= 11 is 0. The van der Waals surface area contributed by atoms with Gasteiger partial charge in [-0.15, -0.1) is 0 Å². The van der Waals surface area contributed by atoms with Gasteiger partial charge in [-0.3, -0.25) is 9.59 Å². The number of piperidine rings is 1. The maximum atomic E-state index is 12.7. The van der Waals surface area contributed by atoms with Gasteiger partial charge in [-0.05, 0) is 50.0 Å². The van der Waals surface area contributed by atoms with Gasteiger partial charge in [-0.2, -0.15) is 4.31 Å². The summed E-state index contributed by atoms with van der Waals surface area (Å²) in [6.07, 6.45) is 2.16. The smallest absolute Gasteiger partial charge is 0.251 e. The van der Waals surface area contributed by atoms with Crippen LogP contribution in [0.4, 0.5) is 0 Å². The van der Waals surface area contributed by atoms with Gasteiger partial charge in [0.05, 0.1) is 11.4 Å². The lowest BCUT2D eigenvalue weighted by Gasteiger charge is -2.26. The van der Waals surface area contributed by atoms with Gasteiger partial charge in [0.2, 0.25) is 15.9 Å². The number of sulfonamides is 1. The molecule has 2 aliphatic heterocycles. The summed E-state index contributed by atoms with van der Waals surface area (Å²) in [5.41, 5.74) is 0.302.